The van der Waals surface area contributed by atoms with Gasteiger partial charge in [0.1, 0.15) is 12.6 Å². The first-order valence-corrected chi connectivity index (χ1v) is 8.01. The Labute approximate surface area is 139 Å². The maximum atomic E-state index is 12.6. The number of aromatic amines is 1. The zero-order valence-electron chi connectivity index (χ0n) is 13.9. The fourth-order valence-electron chi connectivity index (χ4n) is 2.93. The van der Waals surface area contributed by atoms with Gasteiger partial charge in [0.2, 0.25) is 11.8 Å². The lowest BCUT2D eigenvalue weighted by Crippen LogP contribution is -2.49. The molecule has 0 spiro atoms. The van der Waals surface area contributed by atoms with E-state index >= 15 is 0 Å². The molecule has 1 aromatic heterocycles. The molecule has 0 bridgehead atoms. The number of nitrogens with one attached hydrogen (secondary N) is 1. The molecule has 2 rings (SSSR count). The van der Waals surface area contributed by atoms with Crippen molar-refractivity contribution in [3.8, 4) is 0 Å². The summed E-state index contributed by atoms with van der Waals surface area (Å²) >= 11 is 0. The van der Waals surface area contributed by atoms with Gasteiger partial charge < -0.3 is 15.5 Å². The summed E-state index contributed by atoms with van der Waals surface area (Å²) in [5.74, 6) is -0.502. The monoisotopic (exact) mass is 337 g/mol. The van der Waals surface area contributed by atoms with Crippen LogP contribution in [0.1, 0.15) is 20.3 Å². The zero-order chi connectivity index (χ0) is 17.9. The van der Waals surface area contributed by atoms with E-state index in [0.29, 0.717) is 19.5 Å². The van der Waals surface area contributed by atoms with Crippen LogP contribution in [0.3, 0.4) is 0 Å². The van der Waals surface area contributed by atoms with E-state index in [-0.39, 0.29) is 30.9 Å². The summed E-state index contributed by atoms with van der Waals surface area (Å²) in [4.78, 5) is 53.1. The number of rotatable bonds is 5. The van der Waals surface area contributed by atoms with Gasteiger partial charge in [-0.25, -0.2) is 4.79 Å². The smallest absolute Gasteiger partial charge is 0.328 e. The fourth-order valence-corrected chi connectivity index (χ4v) is 2.93. The first kappa shape index (κ1) is 17.9. The SMILES string of the molecule is CCN(CC)C(=O)[C@@H]1C[C@@H](N)CN1C(=O)Cn1ccc(=O)[nH]c1=O. The maximum absolute atomic E-state index is 12.6. The average Bonchev–Trinajstić information content (AvgIpc) is 2.93. The van der Waals surface area contributed by atoms with Gasteiger partial charge in [-0.15, -0.1) is 0 Å². The van der Waals surface area contributed by atoms with Crippen molar-refractivity contribution < 1.29 is 9.59 Å². The summed E-state index contributed by atoms with van der Waals surface area (Å²) < 4.78 is 1.10. The number of nitrogens with two attached hydrogens (primary N) is 1. The van der Waals surface area contributed by atoms with E-state index in [4.69, 9.17) is 5.73 Å². The second kappa shape index (κ2) is 7.43. The van der Waals surface area contributed by atoms with E-state index in [1.165, 1.54) is 17.2 Å². The van der Waals surface area contributed by atoms with Gasteiger partial charge in [-0.05, 0) is 20.3 Å². The molecule has 9 nitrogen and oxygen atoms in total. The largest absolute Gasteiger partial charge is 0.341 e. The van der Waals surface area contributed by atoms with E-state index < -0.39 is 17.3 Å². The minimum absolute atomic E-state index is 0.130. The molecule has 0 aromatic carbocycles. The molecule has 24 heavy (non-hydrogen) atoms. The van der Waals surface area contributed by atoms with Crippen LogP contribution in [0.5, 0.6) is 0 Å². The molecule has 132 valence electrons. The highest BCUT2D eigenvalue weighted by atomic mass is 16.2. The summed E-state index contributed by atoms with van der Waals surface area (Å²) in [7, 11) is 0. The third kappa shape index (κ3) is 3.73. The second-order valence-corrected chi connectivity index (χ2v) is 5.81. The molecule has 1 aliphatic heterocycles. The van der Waals surface area contributed by atoms with Gasteiger partial charge in [0.15, 0.2) is 0 Å². The van der Waals surface area contributed by atoms with Crippen LogP contribution in [0.4, 0.5) is 0 Å². The van der Waals surface area contributed by atoms with Crippen LogP contribution in [0.15, 0.2) is 21.9 Å². The van der Waals surface area contributed by atoms with Gasteiger partial charge in [-0.1, -0.05) is 0 Å². The molecule has 2 heterocycles. The number of carbonyl (C=O) groups is 2. The van der Waals surface area contributed by atoms with Crippen molar-refractivity contribution in [2.24, 2.45) is 5.73 Å². The van der Waals surface area contributed by atoms with Crippen LogP contribution in [0.25, 0.3) is 0 Å². The molecule has 2 atom stereocenters. The predicted molar refractivity (Wildman–Crippen MR) is 87.3 cm³/mol. The van der Waals surface area contributed by atoms with E-state index in [2.05, 4.69) is 4.98 Å². The number of carbonyl (C=O) groups excluding carboxylic acids is 2. The summed E-state index contributed by atoms with van der Waals surface area (Å²) in [5.41, 5.74) is 4.75. The number of amides is 2. The molecule has 0 aliphatic carbocycles. The average molecular weight is 337 g/mol. The summed E-state index contributed by atoms with van der Waals surface area (Å²) in [5, 5.41) is 0. The first-order chi connectivity index (χ1) is 11.4. The Morgan fingerprint density at radius 3 is 2.58 bits per heavy atom. The van der Waals surface area contributed by atoms with Crippen molar-refractivity contribution in [3.63, 3.8) is 0 Å². The summed E-state index contributed by atoms with van der Waals surface area (Å²) in [6.45, 7) is 4.90. The van der Waals surface area contributed by atoms with Gasteiger partial charge in [-0.2, -0.15) is 0 Å². The molecule has 2 amide bonds. The highest BCUT2D eigenvalue weighted by Gasteiger charge is 2.39. The van der Waals surface area contributed by atoms with Crippen molar-refractivity contribution in [1.82, 2.24) is 19.4 Å². The number of nitrogens with zero attached hydrogens (tertiary/aromatic N) is 3. The number of hydrogen-bond donors (Lipinski definition) is 2. The van der Waals surface area contributed by atoms with Crippen LogP contribution in [-0.2, 0) is 16.1 Å². The van der Waals surface area contributed by atoms with Gasteiger partial charge in [-0.3, -0.25) is 23.9 Å². The molecule has 9 heteroatoms. The molecule has 0 radical (unpaired) electrons. The van der Waals surface area contributed by atoms with Crippen LogP contribution in [-0.4, -0.2) is 62.9 Å². The number of likely N-dealkylation sites (tertiary alicyclic amines) is 1. The van der Waals surface area contributed by atoms with Crippen LogP contribution in [0.2, 0.25) is 0 Å². The lowest BCUT2D eigenvalue weighted by molar-refractivity contribution is -0.144. The van der Waals surface area contributed by atoms with Gasteiger partial charge in [0.25, 0.3) is 5.56 Å². The third-order valence-corrected chi connectivity index (χ3v) is 4.22. The molecule has 1 aliphatic rings. The molecular formula is C15H23N5O4. The van der Waals surface area contributed by atoms with Crippen molar-refractivity contribution in [1.29, 1.82) is 0 Å². The molecule has 0 saturated carbocycles. The molecule has 3 N–H and O–H groups in total. The van der Waals surface area contributed by atoms with Crippen molar-refractivity contribution in [3.05, 3.63) is 33.1 Å². The number of likely N-dealkylation sites (N-methyl/N-ethyl adjacent to an activating group) is 1. The Bertz CT molecular complexity index is 721. The number of H-pyrrole nitrogens is 1. The lowest BCUT2D eigenvalue weighted by atomic mass is 10.1. The predicted octanol–water partition coefficient (Wildman–Crippen LogP) is -1.67. The highest BCUT2D eigenvalue weighted by Crippen LogP contribution is 2.19. The van der Waals surface area contributed by atoms with Crippen molar-refractivity contribution >= 4 is 11.8 Å². The Balaban J connectivity index is 2.18. The standard InChI is InChI=1S/C15H23N5O4/c1-3-18(4-2)14(23)11-7-10(16)8-20(11)13(22)9-19-6-5-12(21)17-15(19)24/h5-6,10-11H,3-4,7-9,16H2,1-2H3,(H,17,21,24)/t10-,11+/m1/s1. The van der Waals surface area contributed by atoms with Gasteiger partial charge >= 0.3 is 5.69 Å². The lowest BCUT2D eigenvalue weighted by Gasteiger charge is -2.29. The highest BCUT2D eigenvalue weighted by molar-refractivity contribution is 5.88. The van der Waals surface area contributed by atoms with Gasteiger partial charge in [0, 0.05) is 37.9 Å². The van der Waals surface area contributed by atoms with Crippen LogP contribution >= 0.6 is 0 Å². The number of aromatic nitrogens is 2. The molecule has 1 saturated heterocycles. The quantitative estimate of drug-likeness (QED) is 0.665. The molecular weight excluding hydrogens is 314 g/mol. The Morgan fingerprint density at radius 1 is 1.33 bits per heavy atom. The minimum atomic E-state index is -0.661. The Morgan fingerprint density at radius 2 is 2.00 bits per heavy atom. The molecule has 1 fully saturated rings. The maximum Gasteiger partial charge on any atom is 0.328 e. The zero-order valence-corrected chi connectivity index (χ0v) is 13.9. The topological polar surface area (TPSA) is 121 Å². The van der Waals surface area contributed by atoms with Crippen LogP contribution < -0.4 is 17.0 Å². The third-order valence-electron chi connectivity index (χ3n) is 4.22. The fraction of sp³-hybridized carbons (Fsp3) is 0.600. The van der Waals surface area contributed by atoms with Crippen LogP contribution in [0, 0.1) is 0 Å². The Kier molecular flexibility index (Phi) is 5.55. The normalized spacial score (nSPS) is 20.2. The second-order valence-electron chi connectivity index (χ2n) is 5.81. The minimum Gasteiger partial charge on any atom is -0.341 e. The molecule has 0 unspecified atom stereocenters. The summed E-state index contributed by atoms with van der Waals surface area (Å²) in [6.07, 6.45) is 1.66. The first-order valence-electron chi connectivity index (χ1n) is 8.01. The van der Waals surface area contributed by atoms with E-state index in [1.54, 1.807) is 4.90 Å². The van der Waals surface area contributed by atoms with Gasteiger partial charge in [0.05, 0.1) is 0 Å². The van der Waals surface area contributed by atoms with E-state index in [1.807, 2.05) is 13.8 Å². The summed E-state index contributed by atoms with van der Waals surface area (Å²) in [6, 6.07) is 0.291. The number of hydrogen-bond acceptors (Lipinski definition) is 5. The molecule has 1 aromatic rings. The van der Waals surface area contributed by atoms with E-state index in [9.17, 15) is 19.2 Å². The van der Waals surface area contributed by atoms with Crippen molar-refractivity contribution in [2.75, 3.05) is 19.6 Å². The Hall–Kier alpha value is -2.42. The van der Waals surface area contributed by atoms with E-state index in [0.717, 1.165) is 4.57 Å². The van der Waals surface area contributed by atoms with Crippen molar-refractivity contribution in [2.45, 2.75) is 38.9 Å².